The average Bonchev–Trinajstić information content (AvgIpc) is 2.41. The normalized spacial score (nSPS) is 21.8. The number of nitrogens with zero attached hydrogens (tertiary/aromatic N) is 2. The van der Waals surface area contributed by atoms with Crippen LogP contribution in [-0.2, 0) is 4.79 Å². The fraction of sp³-hybridized carbons (Fsp3) is 0.900. The van der Waals surface area contributed by atoms with Gasteiger partial charge in [0, 0.05) is 19.6 Å². The van der Waals surface area contributed by atoms with Gasteiger partial charge >= 0.3 is 0 Å². The van der Waals surface area contributed by atoms with Crippen molar-refractivity contribution >= 4 is 5.91 Å². The number of rotatable bonds is 2. The smallest absolute Gasteiger partial charge is 0.251 e. The Labute approximate surface area is 85.5 Å². The molecule has 1 atom stereocenters. The van der Waals surface area contributed by atoms with E-state index in [-0.39, 0.29) is 5.91 Å². The molecule has 1 aliphatic rings. The fourth-order valence-corrected chi connectivity index (χ4v) is 1.77. The minimum Gasteiger partial charge on any atom is -0.384 e. The van der Waals surface area contributed by atoms with Gasteiger partial charge in [-0.25, -0.2) is 0 Å². The van der Waals surface area contributed by atoms with Crippen molar-refractivity contribution in [1.29, 1.82) is 0 Å². The lowest BCUT2D eigenvalue weighted by Gasteiger charge is -2.22. The molecule has 1 saturated heterocycles. The Morgan fingerprint density at radius 1 is 1.36 bits per heavy atom. The van der Waals surface area contributed by atoms with E-state index in [2.05, 4.69) is 11.8 Å². The van der Waals surface area contributed by atoms with Gasteiger partial charge in [-0.2, -0.15) is 0 Å². The molecule has 1 N–H and O–H groups in total. The molecule has 0 spiro atoms. The van der Waals surface area contributed by atoms with Gasteiger partial charge in [-0.1, -0.05) is 6.92 Å². The van der Waals surface area contributed by atoms with Gasteiger partial charge < -0.3 is 14.9 Å². The van der Waals surface area contributed by atoms with Gasteiger partial charge in [0.2, 0.25) is 0 Å². The standard InChI is InChI=1S/C10H20N2O2/c1-3-11-5-4-6-12(8-7-11)10(14)9(2)13/h9,13H,3-8H2,1-2H3. The molecule has 1 unspecified atom stereocenters. The van der Waals surface area contributed by atoms with Crippen LogP contribution in [0.3, 0.4) is 0 Å². The lowest BCUT2D eigenvalue weighted by atomic mass is 10.3. The van der Waals surface area contributed by atoms with Crippen LogP contribution in [0.15, 0.2) is 0 Å². The van der Waals surface area contributed by atoms with E-state index in [4.69, 9.17) is 0 Å². The van der Waals surface area contributed by atoms with Crippen molar-refractivity contribution in [3.8, 4) is 0 Å². The van der Waals surface area contributed by atoms with Gasteiger partial charge in [0.25, 0.3) is 5.91 Å². The van der Waals surface area contributed by atoms with E-state index in [1.54, 1.807) is 4.90 Å². The van der Waals surface area contributed by atoms with E-state index < -0.39 is 6.10 Å². The number of carbonyl (C=O) groups excluding carboxylic acids is 1. The number of likely N-dealkylation sites (N-methyl/N-ethyl adjacent to an activating group) is 1. The maximum atomic E-state index is 11.5. The molecule has 0 aromatic rings. The Hall–Kier alpha value is -0.610. The highest BCUT2D eigenvalue weighted by Crippen LogP contribution is 2.04. The predicted molar refractivity (Wildman–Crippen MR) is 55.0 cm³/mol. The molecule has 14 heavy (non-hydrogen) atoms. The quantitative estimate of drug-likeness (QED) is 0.678. The monoisotopic (exact) mass is 200 g/mol. The fourth-order valence-electron chi connectivity index (χ4n) is 1.77. The first-order valence-electron chi connectivity index (χ1n) is 5.34. The summed E-state index contributed by atoms with van der Waals surface area (Å²) in [6.45, 7) is 8.21. The molecule has 0 bridgehead atoms. The molecule has 0 saturated carbocycles. The molecule has 1 aliphatic heterocycles. The number of hydrogen-bond donors (Lipinski definition) is 1. The number of aliphatic hydroxyl groups is 1. The highest BCUT2D eigenvalue weighted by atomic mass is 16.3. The second-order valence-electron chi connectivity index (χ2n) is 3.79. The summed E-state index contributed by atoms with van der Waals surface area (Å²) >= 11 is 0. The molecule has 1 amide bonds. The molecule has 0 aromatic heterocycles. The molecule has 1 fully saturated rings. The molecular formula is C10H20N2O2. The molecule has 1 rings (SSSR count). The van der Waals surface area contributed by atoms with Gasteiger partial charge in [0.1, 0.15) is 6.10 Å². The summed E-state index contributed by atoms with van der Waals surface area (Å²) < 4.78 is 0. The van der Waals surface area contributed by atoms with E-state index in [0.717, 1.165) is 39.1 Å². The number of aliphatic hydroxyl groups excluding tert-OH is 1. The SMILES string of the molecule is CCN1CCCN(C(=O)C(C)O)CC1. The van der Waals surface area contributed by atoms with Crippen molar-refractivity contribution in [1.82, 2.24) is 9.80 Å². The largest absolute Gasteiger partial charge is 0.384 e. The maximum Gasteiger partial charge on any atom is 0.251 e. The second kappa shape index (κ2) is 5.32. The summed E-state index contributed by atoms with van der Waals surface area (Å²) in [6, 6.07) is 0. The number of amides is 1. The summed E-state index contributed by atoms with van der Waals surface area (Å²) in [5, 5.41) is 9.18. The Balaban J connectivity index is 2.45. The third kappa shape index (κ3) is 2.96. The Morgan fingerprint density at radius 3 is 2.64 bits per heavy atom. The molecule has 1 heterocycles. The van der Waals surface area contributed by atoms with E-state index in [1.165, 1.54) is 6.92 Å². The zero-order valence-electron chi connectivity index (χ0n) is 9.07. The molecule has 0 aliphatic carbocycles. The number of carbonyl (C=O) groups is 1. The lowest BCUT2D eigenvalue weighted by Crippen LogP contribution is -2.40. The molecule has 82 valence electrons. The highest BCUT2D eigenvalue weighted by Gasteiger charge is 2.20. The molecule has 0 aromatic carbocycles. The van der Waals surface area contributed by atoms with Crippen LogP contribution in [0.2, 0.25) is 0 Å². The summed E-state index contributed by atoms with van der Waals surface area (Å²) in [4.78, 5) is 15.6. The summed E-state index contributed by atoms with van der Waals surface area (Å²) in [5.41, 5.74) is 0. The van der Waals surface area contributed by atoms with Crippen LogP contribution < -0.4 is 0 Å². The van der Waals surface area contributed by atoms with Crippen molar-refractivity contribution in [3.05, 3.63) is 0 Å². The van der Waals surface area contributed by atoms with Crippen LogP contribution in [0.5, 0.6) is 0 Å². The van der Waals surface area contributed by atoms with E-state index in [0.29, 0.717) is 0 Å². The van der Waals surface area contributed by atoms with E-state index >= 15 is 0 Å². The molecule has 0 radical (unpaired) electrons. The zero-order valence-corrected chi connectivity index (χ0v) is 9.07. The van der Waals surface area contributed by atoms with E-state index in [1.807, 2.05) is 0 Å². The summed E-state index contributed by atoms with van der Waals surface area (Å²) in [6.07, 6.45) is 0.148. The van der Waals surface area contributed by atoms with Gasteiger partial charge in [-0.15, -0.1) is 0 Å². The van der Waals surface area contributed by atoms with Crippen molar-refractivity contribution in [2.75, 3.05) is 32.7 Å². The third-order valence-electron chi connectivity index (χ3n) is 2.70. The van der Waals surface area contributed by atoms with Crippen molar-refractivity contribution < 1.29 is 9.90 Å². The molecular weight excluding hydrogens is 180 g/mol. The molecule has 4 nitrogen and oxygen atoms in total. The van der Waals surface area contributed by atoms with Crippen LogP contribution in [0.1, 0.15) is 20.3 Å². The van der Waals surface area contributed by atoms with Crippen molar-refractivity contribution in [3.63, 3.8) is 0 Å². The zero-order chi connectivity index (χ0) is 10.6. The van der Waals surface area contributed by atoms with Crippen molar-refractivity contribution in [2.24, 2.45) is 0 Å². The minimum atomic E-state index is -0.858. The lowest BCUT2D eigenvalue weighted by molar-refractivity contribution is -0.139. The van der Waals surface area contributed by atoms with E-state index in [9.17, 15) is 9.90 Å². The Kier molecular flexibility index (Phi) is 4.35. The first-order valence-corrected chi connectivity index (χ1v) is 5.34. The van der Waals surface area contributed by atoms with Crippen LogP contribution in [-0.4, -0.2) is 59.6 Å². The second-order valence-corrected chi connectivity index (χ2v) is 3.79. The van der Waals surface area contributed by atoms with Crippen LogP contribution in [0.25, 0.3) is 0 Å². The van der Waals surface area contributed by atoms with Gasteiger partial charge in [-0.05, 0) is 26.4 Å². The Bertz CT molecular complexity index is 195. The van der Waals surface area contributed by atoms with Gasteiger partial charge in [0.05, 0.1) is 0 Å². The third-order valence-corrected chi connectivity index (χ3v) is 2.70. The Morgan fingerprint density at radius 2 is 2.07 bits per heavy atom. The summed E-state index contributed by atoms with van der Waals surface area (Å²) in [5.74, 6) is -0.136. The van der Waals surface area contributed by atoms with Gasteiger partial charge in [0.15, 0.2) is 0 Å². The first kappa shape index (κ1) is 11.5. The molecule has 4 heteroatoms. The van der Waals surface area contributed by atoms with Crippen LogP contribution >= 0.6 is 0 Å². The number of hydrogen-bond acceptors (Lipinski definition) is 3. The van der Waals surface area contributed by atoms with Crippen LogP contribution in [0.4, 0.5) is 0 Å². The highest BCUT2D eigenvalue weighted by molar-refractivity contribution is 5.80. The average molecular weight is 200 g/mol. The first-order chi connectivity index (χ1) is 6.65. The maximum absolute atomic E-state index is 11.5. The predicted octanol–water partition coefficient (Wildman–Crippen LogP) is -0.0786. The minimum absolute atomic E-state index is 0.136. The van der Waals surface area contributed by atoms with Crippen molar-refractivity contribution in [2.45, 2.75) is 26.4 Å². The topological polar surface area (TPSA) is 43.8 Å². The van der Waals surface area contributed by atoms with Gasteiger partial charge in [-0.3, -0.25) is 4.79 Å². The van der Waals surface area contributed by atoms with Crippen LogP contribution in [0, 0.1) is 0 Å². The summed E-state index contributed by atoms with van der Waals surface area (Å²) in [7, 11) is 0.